The summed E-state index contributed by atoms with van der Waals surface area (Å²) in [7, 11) is 3.66. The van der Waals surface area contributed by atoms with E-state index in [9.17, 15) is 14.7 Å². The van der Waals surface area contributed by atoms with Crippen molar-refractivity contribution in [1.29, 1.82) is 0 Å². The van der Waals surface area contributed by atoms with Crippen molar-refractivity contribution in [2.45, 2.75) is 51.5 Å². The fourth-order valence-corrected chi connectivity index (χ4v) is 6.57. The second kappa shape index (κ2) is 12.2. The van der Waals surface area contributed by atoms with Gasteiger partial charge >= 0.3 is 5.97 Å². The Kier molecular flexibility index (Phi) is 8.16. The molecule has 11 heteroatoms. The molecule has 3 N–H and O–H groups in total. The number of carboxylic acid groups (broad SMARTS) is 1. The van der Waals surface area contributed by atoms with Crippen molar-refractivity contribution in [1.82, 2.24) is 34.8 Å². The van der Waals surface area contributed by atoms with Crippen LogP contribution in [0, 0.1) is 12.8 Å². The zero-order valence-corrected chi connectivity index (χ0v) is 25.1. The number of carbonyl (C=O) groups is 2. The second-order valence-corrected chi connectivity index (χ2v) is 12.0. The Labute approximate surface area is 251 Å². The van der Waals surface area contributed by atoms with Gasteiger partial charge in [-0.25, -0.2) is 9.78 Å². The number of fused-ring (bicyclic) bond motifs is 2. The molecule has 0 spiro atoms. The zero-order chi connectivity index (χ0) is 30.1. The predicted octanol–water partition coefficient (Wildman–Crippen LogP) is 3.56. The zero-order valence-electron chi connectivity index (χ0n) is 25.1. The Morgan fingerprint density at radius 3 is 2.84 bits per heavy atom. The number of aromatic nitrogens is 5. The number of hydrogen-bond donors (Lipinski definition) is 3. The molecule has 2 aliphatic heterocycles. The van der Waals surface area contributed by atoms with E-state index in [1.807, 2.05) is 32.3 Å². The minimum Gasteiger partial charge on any atom is -0.480 e. The van der Waals surface area contributed by atoms with Crippen molar-refractivity contribution in [3.63, 3.8) is 0 Å². The predicted molar refractivity (Wildman–Crippen MR) is 165 cm³/mol. The molecule has 2 aliphatic rings. The summed E-state index contributed by atoms with van der Waals surface area (Å²) in [6.07, 6.45) is 7.61. The standard InChI is InChI=1S/C32H40N8O3/c1-20-26(19-38(2)36-20)28-24-7-4-8-25(29(24)39(3)37-28)31(41)35-27(32(42)43)14-17-40-16-13-21(18-40)9-11-23-12-10-22-6-5-15-33-30(22)34-23/h4,7-8,10,12,19,21,27H,5-6,9,11,13-18H2,1-3H3,(H,33,34)(H,35,41)(H,42,43)/t21-,27+/m1/s1. The molecular formula is C32H40N8O3. The fourth-order valence-electron chi connectivity index (χ4n) is 6.57. The highest BCUT2D eigenvalue weighted by Gasteiger charge is 2.27. The summed E-state index contributed by atoms with van der Waals surface area (Å²) in [4.78, 5) is 32.8. The van der Waals surface area contributed by atoms with Crippen molar-refractivity contribution in [3.05, 3.63) is 59.0 Å². The van der Waals surface area contributed by atoms with Crippen molar-refractivity contribution in [2.24, 2.45) is 20.0 Å². The highest BCUT2D eigenvalue weighted by Crippen LogP contribution is 2.31. The maximum absolute atomic E-state index is 13.4. The van der Waals surface area contributed by atoms with Crippen LogP contribution < -0.4 is 10.6 Å². The molecule has 1 saturated heterocycles. The van der Waals surface area contributed by atoms with Gasteiger partial charge in [-0.1, -0.05) is 18.2 Å². The summed E-state index contributed by atoms with van der Waals surface area (Å²) in [6, 6.07) is 8.84. The quantitative estimate of drug-likeness (QED) is 0.258. The molecule has 0 unspecified atom stereocenters. The molecule has 11 nitrogen and oxygen atoms in total. The van der Waals surface area contributed by atoms with E-state index in [2.05, 4.69) is 32.8 Å². The van der Waals surface area contributed by atoms with Gasteiger partial charge in [0.05, 0.1) is 16.8 Å². The van der Waals surface area contributed by atoms with Crippen LogP contribution in [-0.4, -0.2) is 78.6 Å². The van der Waals surface area contributed by atoms with Crippen LogP contribution in [0.1, 0.15) is 53.0 Å². The molecule has 1 aromatic carbocycles. The molecule has 5 heterocycles. The monoisotopic (exact) mass is 584 g/mol. The van der Waals surface area contributed by atoms with Gasteiger partial charge in [0.2, 0.25) is 0 Å². The Bertz CT molecular complexity index is 1660. The molecule has 1 amide bonds. The van der Waals surface area contributed by atoms with Gasteiger partial charge < -0.3 is 20.6 Å². The van der Waals surface area contributed by atoms with Crippen molar-refractivity contribution in [2.75, 3.05) is 31.5 Å². The highest BCUT2D eigenvalue weighted by molar-refractivity contribution is 6.09. The first-order valence-corrected chi connectivity index (χ1v) is 15.2. The lowest BCUT2D eigenvalue weighted by Gasteiger charge is -2.20. The summed E-state index contributed by atoms with van der Waals surface area (Å²) in [5.74, 6) is 0.160. The third-order valence-corrected chi connectivity index (χ3v) is 8.85. The molecule has 0 bridgehead atoms. The number of anilines is 1. The van der Waals surface area contributed by atoms with Crippen LogP contribution in [0.4, 0.5) is 5.82 Å². The third kappa shape index (κ3) is 6.13. The van der Waals surface area contributed by atoms with Crippen molar-refractivity contribution >= 4 is 28.6 Å². The number of nitrogens with zero attached hydrogens (tertiary/aromatic N) is 6. The molecule has 43 heavy (non-hydrogen) atoms. The van der Waals surface area contributed by atoms with E-state index in [1.165, 1.54) is 5.56 Å². The van der Waals surface area contributed by atoms with E-state index in [4.69, 9.17) is 10.1 Å². The third-order valence-electron chi connectivity index (χ3n) is 8.85. The first-order valence-electron chi connectivity index (χ1n) is 15.2. The smallest absolute Gasteiger partial charge is 0.326 e. The number of carboxylic acids is 1. The molecule has 0 radical (unpaired) electrons. The minimum absolute atomic E-state index is 0.341. The van der Waals surface area contributed by atoms with Crippen LogP contribution in [0.5, 0.6) is 0 Å². The number of aliphatic carboxylic acids is 1. The molecule has 2 atom stereocenters. The van der Waals surface area contributed by atoms with E-state index in [1.54, 1.807) is 22.5 Å². The molecule has 4 aromatic rings. The largest absolute Gasteiger partial charge is 0.480 e. The van der Waals surface area contributed by atoms with Gasteiger partial charge in [-0.15, -0.1) is 0 Å². The molecule has 6 rings (SSSR count). The number of benzene rings is 1. The molecule has 0 aliphatic carbocycles. The van der Waals surface area contributed by atoms with Gasteiger partial charge in [0.15, 0.2) is 0 Å². The van der Waals surface area contributed by atoms with E-state index < -0.39 is 17.9 Å². The first kappa shape index (κ1) is 28.9. The number of aryl methyl sites for hydroxylation is 5. The van der Waals surface area contributed by atoms with Gasteiger partial charge in [-0.05, 0) is 75.6 Å². The molecule has 3 aromatic heterocycles. The Morgan fingerprint density at radius 2 is 2.05 bits per heavy atom. The highest BCUT2D eigenvalue weighted by atomic mass is 16.4. The maximum Gasteiger partial charge on any atom is 0.326 e. The Balaban J connectivity index is 1.06. The number of rotatable bonds is 10. The summed E-state index contributed by atoms with van der Waals surface area (Å²) in [5.41, 5.74) is 5.99. The van der Waals surface area contributed by atoms with Crippen LogP contribution in [0.3, 0.4) is 0 Å². The van der Waals surface area contributed by atoms with E-state index >= 15 is 0 Å². The normalized spacial score (nSPS) is 17.5. The van der Waals surface area contributed by atoms with Crippen LogP contribution in [0.2, 0.25) is 0 Å². The number of para-hydroxylation sites is 1. The van der Waals surface area contributed by atoms with Gasteiger partial charge in [0.25, 0.3) is 5.91 Å². The van der Waals surface area contributed by atoms with Crippen LogP contribution in [0.25, 0.3) is 22.2 Å². The average molecular weight is 585 g/mol. The summed E-state index contributed by atoms with van der Waals surface area (Å²) in [5, 5.41) is 26.1. The van der Waals surface area contributed by atoms with Gasteiger partial charge in [0.1, 0.15) is 17.6 Å². The minimum atomic E-state index is -1.03. The van der Waals surface area contributed by atoms with E-state index in [0.29, 0.717) is 30.0 Å². The van der Waals surface area contributed by atoms with E-state index in [-0.39, 0.29) is 0 Å². The lowest BCUT2D eigenvalue weighted by Crippen LogP contribution is -2.43. The molecule has 226 valence electrons. The number of nitrogens with one attached hydrogen (secondary N) is 2. The van der Waals surface area contributed by atoms with Gasteiger partial charge in [-0.2, -0.15) is 10.2 Å². The summed E-state index contributed by atoms with van der Waals surface area (Å²) in [6.45, 7) is 5.42. The average Bonchev–Trinajstić information content (AvgIpc) is 3.69. The molecule has 1 fully saturated rings. The van der Waals surface area contributed by atoms with Gasteiger partial charge in [-0.3, -0.25) is 14.2 Å². The number of pyridine rings is 1. The Hall–Kier alpha value is -4.25. The van der Waals surface area contributed by atoms with E-state index in [0.717, 1.165) is 85.6 Å². The topological polar surface area (TPSA) is 130 Å². The summed E-state index contributed by atoms with van der Waals surface area (Å²) < 4.78 is 3.42. The summed E-state index contributed by atoms with van der Waals surface area (Å²) >= 11 is 0. The number of likely N-dealkylation sites (tertiary alicyclic amines) is 1. The lowest BCUT2D eigenvalue weighted by molar-refractivity contribution is -0.139. The molecular weight excluding hydrogens is 544 g/mol. The lowest BCUT2D eigenvalue weighted by atomic mass is 10.00. The first-order chi connectivity index (χ1) is 20.8. The van der Waals surface area contributed by atoms with Crippen molar-refractivity contribution in [3.8, 4) is 11.3 Å². The van der Waals surface area contributed by atoms with Crippen LogP contribution in [0.15, 0.2) is 36.5 Å². The fraction of sp³-hybridized carbons (Fsp3) is 0.469. The molecule has 0 saturated carbocycles. The second-order valence-electron chi connectivity index (χ2n) is 12.0. The van der Waals surface area contributed by atoms with Crippen LogP contribution in [-0.2, 0) is 31.7 Å². The number of hydrogen-bond acceptors (Lipinski definition) is 7. The SMILES string of the molecule is Cc1nn(C)cc1-c1nn(C)c2c(C(=O)N[C@@H](CCN3CC[C@@H](CCc4ccc5c(n4)NCCC5)C3)C(=O)O)cccc12. The number of carbonyl (C=O) groups excluding carboxylic acids is 1. The van der Waals surface area contributed by atoms with Gasteiger partial charge in [0, 0.05) is 56.6 Å². The number of amides is 1. The maximum atomic E-state index is 13.4. The Morgan fingerprint density at radius 1 is 1.19 bits per heavy atom. The van der Waals surface area contributed by atoms with Crippen LogP contribution >= 0.6 is 0 Å². The van der Waals surface area contributed by atoms with Crippen molar-refractivity contribution < 1.29 is 14.7 Å².